The van der Waals surface area contributed by atoms with E-state index in [1.807, 2.05) is 29.2 Å². The van der Waals surface area contributed by atoms with Crippen LogP contribution in [0.15, 0.2) is 24.3 Å². The van der Waals surface area contributed by atoms with Crippen LogP contribution >= 0.6 is 0 Å². The lowest BCUT2D eigenvalue weighted by atomic mass is 10.2. The maximum absolute atomic E-state index is 12.1. The third-order valence-electron chi connectivity index (χ3n) is 2.87. The number of amides is 1. The van der Waals surface area contributed by atoms with Gasteiger partial charge in [0.05, 0.1) is 12.2 Å². The predicted molar refractivity (Wildman–Crippen MR) is 67.2 cm³/mol. The van der Waals surface area contributed by atoms with Crippen LogP contribution in [0.1, 0.15) is 19.3 Å². The Balaban J connectivity index is 2.05. The van der Waals surface area contributed by atoms with Gasteiger partial charge in [0.2, 0.25) is 5.91 Å². The van der Waals surface area contributed by atoms with Crippen molar-refractivity contribution in [1.82, 2.24) is 0 Å². The Hall–Kier alpha value is -1.55. The van der Waals surface area contributed by atoms with Gasteiger partial charge in [0, 0.05) is 6.42 Å². The van der Waals surface area contributed by atoms with E-state index in [1.165, 1.54) is 0 Å². The lowest BCUT2D eigenvalue weighted by molar-refractivity contribution is -0.119. The molecular formula is C13H18N2O2. The van der Waals surface area contributed by atoms with Crippen LogP contribution < -0.4 is 15.4 Å². The summed E-state index contributed by atoms with van der Waals surface area (Å²) in [6, 6.07) is 7.67. The fourth-order valence-electron chi connectivity index (χ4n) is 1.98. The zero-order chi connectivity index (χ0) is 12.1. The summed E-state index contributed by atoms with van der Waals surface area (Å²) in [7, 11) is 0. The van der Waals surface area contributed by atoms with Crippen molar-refractivity contribution >= 4 is 11.6 Å². The summed E-state index contributed by atoms with van der Waals surface area (Å²) in [5, 5.41) is 0. The predicted octanol–water partition coefficient (Wildman–Crippen LogP) is 1.54. The normalized spacial score (nSPS) is 14.1. The molecule has 1 aromatic carbocycles. The number of ether oxygens (including phenoxy) is 1. The van der Waals surface area contributed by atoms with Gasteiger partial charge in [-0.1, -0.05) is 12.1 Å². The highest BCUT2D eigenvalue weighted by atomic mass is 16.5. The molecule has 1 amide bonds. The number of hydrogen-bond donors (Lipinski definition) is 1. The second-order valence-electron chi connectivity index (χ2n) is 4.11. The molecule has 0 bridgehead atoms. The Kier molecular flexibility index (Phi) is 3.98. The first-order valence-corrected chi connectivity index (χ1v) is 6.05. The molecule has 92 valence electrons. The molecule has 0 fully saturated rings. The van der Waals surface area contributed by atoms with Crippen LogP contribution in [0.25, 0.3) is 0 Å². The SMILES string of the molecule is NCCCCC(=O)N1CCOc2ccccc21. The summed E-state index contributed by atoms with van der Waals surface area (Å²) in [5.74, 6) is 0.958. The third-order valence-corrected chi connectivity index (χ3v) is 2.87. The maximum Gasteiger partial charge on any atom is 0.227 e. The fraction of sp³-hybridized carbons (Fsp3) is 0.462. The molecule has 1 aliphatic heterocycles. The maximum atomic E-state index is 12.1. The first kappa shape index (κ1) is 11.9. The smallest absolute Gasteiger partial charge is 0.227 e. The number of carbonyl (C=O) groups is 1. The fourth-order valence-corrected chi connectivity index (χ4v) is 1.98. The lowest BCUT2D eigenvalue weighted by Gasteiger charge is -2.29. The van der Waals surface area contributed by atoms with Crippen LogP contribution in [0.4, 0.5) is 5.69 Å². The molecule has 0 aliphatic carbocycles. The van der Waals surface area contributed by atoms with E-state index in [0.717, 1.165) is 24.3 Å². The number of unbranched alkanes of at least 4 members (excludes halogenated alkanes) is 1. The summed E-state index contributed by atoms with van der Waals surface area (Å²) in [4.78, 5) is 13.9. The van der Waals surface area contributed by atoms with E-state index in [0.29, 0.717) is 26.1 Å². The van der Waals surface area contributed by atoms with Gasteiger partial charge in [-0.25, -0.2) is 0 Å². The largest absolute Gasteiger partial charge is 0.490 e. The number of hydrogen-bond acceptors (Lipinski definition) is 3. The number of anilines is 1. The van der Waals surface area contributed by atoms with Crippen LogP contribution in [-0.2, 0) is 4.79 Å². The molecule has 1 aromatic rings. The molecular weight excluding hydrogens is 216 g/mol. The van der Waals surface area contributed by atoms with E-state index in [1.54, 1.807) is 0 Å². The minimum Gasteiger partial charge on any atom is -0.490 e. The van der Waals surface area contributed by atoms with E-state index in [9.17, 15) is 4.79 Å². The number of fused-ring (bicyclic) bond motifs is 1. The third kappa shape index (κ3) is 2.77. The van der Waals surface area contributed by atoms with Gasteiger partial charge < -0.3 is 15.4 Å². The highest BCUT2D eigenvalue weighted by Gasteiger charge is 2.22. The number of carbonyl (C=O) groups excluding carboxylic acids is 1. The number of rotatable bonds is 4. The van der Waals surface area contributed by atoms with Crippen LogP contribution in [0.2, 0.25) is 0 Å². The zero-order valence-electron chi connectivity index (χ0n) is 9.89. The molecule has 0 aromatic heterocycles. The van der Waals surface area contributed by atoms with E-state index in [-0.39, 0.29) is 5.91 Å². The van der Waals surface area contributed by atoms with E-state index in [4.69, 9.17) is 10.5 Å². The molecule has 0 radical (unpaired) electrons. The van der Waals surface area contributed by atoms with Crippen LogP contribution in [0.3, 0.4) is 0 Å². The number of benzene rings is 1. The highest BCUT2D eigenvalue weighted by Crippen LogP contribution is 2.31. The molecule has 1 heterocycles. The van der Waals surface area contributed by atoms with Gasteiger partial charge >= 0.3 is 0 Å². The summed E-state index contributed by atoms with van der Waals surface area (Å²) in [5.41, 5.74) is 6.31. The molecule has 0 saturated heterocycles. The Morgan fingerprint density at radius 1 is 1.35 bits per heavy atom. The molecule has 0 saturated carbocycles. The first-order chi connectivity index (χ1) is 8.33. The van der Waals surface area contributed by atoms with Crippen molar-refractivity contribution in [3.63, 3.8) is 0 Å². The topological polar surface area (TPSA) is 55.6 Å². The summed E-state index contributed by atoms with van der Waals surface area (Å²) < 4.78 is 5.52. The van der Waals surface area contributed by atoms with Gasteiger partial charge in [0.15, 0.2) is 0 Å². The van der Waals surface area contributed by atoms with Crippen LogP contribution in [0, 0.1) is 0 Å². The van der Waals surface area contributed by atoms with Crippen molar-refractivity contribution in [2.24, 2.45) is 5.73 Å². The molecule has 0 atom stereocenters. The molecule has 2 N–H and O–H groups in total. The minimum absolute atomic E-state index is 0.161. The molecule has 4 heteroatoms. The Bertz CT molecular complexity index is 393. The monoisotopic (exact) mass is 234 g/mol. The zero-order valence-corrected chi connectivity index (χ0v) is 9.89. The van der Waals surface area contributed by atoms with Crippen LogP contribution in [-0.4, -0.2) is 25.6 Å². The van der Waals surface area contributed by atoms with E-state index in [2.05, 4.69) is 0 Å². The molecule has 2 rings (SSSR count). The second-order valence-corrected chi connectivity index (χ2v) is 4.11. The molecule has 0 unspecified atom stereocenters. The Morgan fingerprint density at radius 2 is 2.18 bits per heavy atom. The average Bonchev–Trinajstić information content (AvgIpc) is 2.38. The van der Waals surface area contributed by atoms with Crippen molar-refractivity contribution < 1.29 is 9.53 Å². The van der Waals surface area contributed by atoms with Gasteiger partial charge in [0.25, 0.3) is 0 Å². The summed E-state index contributed by atoms with van der Waals surface area (Å²) >= 11 is 0. The second kappa shape index (κ2) is 5.68. The van der Waals surface area contributed by atoms with Crippen molar-refractivity contribution in [2.45, 2.75) is 19.3 Å². The lowest BCUT2D eigenvalue weighted by Crippen LogP contribution is -2.37. The summed E-state index contributed by atoms with van der Waals surface area (Å²) in [6.07, 6.45) is 2.32. The molecule has 17 heavy (non-hydrogen) atoms. The van der Waals surface area contributed by atoms with Gasteiger partial charge in [-0.2, -0.15) is 0 Å². The molecule has 0 spiro atoms. The van der Waals surface area contributed by atoms with Crippen molar-refractivity contribution in [1.29, 1.82) is 0 Å². The van der Waals surface area contributed by atoms with Gasteiger partial charge in [-0.05, 0) is 31.5 Å². The first-order valence-electron chi connectivity index (χ1n) is 6.05. The Morgan fingerprint density at radius 3 is 3.00 bits per heavy atom. The van der Waals surface area contributed by atoms with Gasteiger partial charge in [-0.15, -0.1) is 0 Å². The molecule has 1 aliphatic rings. The average molecular weight is 234 g/mol. The van der Waals surface area contributed by atoms with E-state index < -0.39 is 0 Å². The van der Waals surface area contributed by atoms with Crippen LogP contribution in [0.5, 0.6) is 5.75 Å². The van der Waals surface area contributed by atoms with Crippen molar-refractivity contribution in [2.75, 3.05) is 24.6 Å². The Labute approximate surface area is 101 Å². The van der Waals surface area contributed by atoms with Gasteiger partial charge in [-0.3, -0.25) is 4.79 Å². The standard InChI is InChI=1S/C13H18N2O2/c14-8-4-3-7-13(16)15-9-10-17-12-6-2-1-5-11(12)15/h1-2,5-6H,3-4,7-10,14H2. The number of para-hydroxylation sites is 2. The highest BCUT2D eigenvalue weighted by molar-refractivity contribution is 5.95. The minimum atomic E-state index is 0.161. The van der Waals surface area contributed by atoms with Crippen molar-refractivity contribution in [3.8, 4) is 5.75 Å². The van der Waals surface area contributed by atoms with E-state index >= 15 is 0 Å². The molecule has 4 nitrogen and oxygen atoms in total. The van der Waals surface area contributed by atoms with Gasteiger partial charge in [0.1, 0.15) is 12.4 Å². The quantitative estimate of drug-likeness (QED) is 0.804. The van der Waals surface area contributed by atoms with Crippen molar-refractivity contribution in [3.05, 3.63) is 24.3 Å². The number of nitrogens with two attached hydrogens (primary N) is 1. The number of nitrogens with zero attached hydrogens (tertiary/aromatic N) is 1. The summed E-state index contributed by atoms with van der Waals surface area (Å²) in [6.45, 7) is 1.85.